The fraction of sp³-hybridized carbons (Fsp3) is 0.500. The number of hydrogen-bond donors (Lipinski definition) is 2. The van der Waals surface area contributed by atoms with Crippen LogP contribution in [0, 0.1) is 0 Å². The number of halogens is 3. The summed E-state index contributed by atoms with van der Waals surface area (Å²) in [5, 5.41) is 3.49. The van der Waals surface area contributed by atoms with Crippen molar-refractivity contribution in [2.75, 3.05) is 13.1 Å². The number of sulfonamides is 1. The van der Waals surface area contributed by atoms with E-state index in [2.05, 4.69) is 26.0 Å². The van der Waals surface area contributed by atoms with E-state index in [9.17, 15) is 8.42 Å². The fourth-order valence-electron chi connectivity index (χ4n) is 2.17. The highest BCUT2D eigenvalue weighted by Gasteiger charge is 2.24. The molecule has 4 nitrogen and oxygen atoms in total. The fourth-order valence-corrected chi connectivity index (χ4v) is 5.18. The summed E-state index contributed by atoms with van der Waals surface area (Å²) >= 11 is 15.2. The third-order valence-corrected chi connectivity index (χ3v) is 5.97. The Morgan fingerprint density at radius 3 is 2.50 bits per heavy atom. The van der Waals surface area contributed by atoms with Crippen LogP contribution in [0.1, 0.15) is 19.3 Å². The highest BCUT2D eigenvalue weighted by atomic mass is 79.9. The third kappa shape index (κ3) is 4.08. The van der Waals surface area contributed by atoms with Crippen LogP contribution in [0.2, 0.25) is 10.0 Å². The van der Waals surface area contributed by atoms with Crippen LogP contribution in [0.15, 0.2) is 21.5 Å². The van der Waals surface area contributed by atoms with Gasteiger partial charge >= 0.3 is 0 Å². The van der Waals surface area contributed by atoms with Crippen LogP contribution in [0.4, 0.5) is 0 Å². The minimum absolute atomic E-state index is 0.0696. The topological polar surface area (TPSA) is 58.2 Å². The van der Waals surface area contributed by atoms with E-state index in [-0.39, 0.29) is 21.0 Å². The standard InChI is InChI=1S/C12H15BrCl2N2O2S/c13-8-5-10(14)12(11(15)6-8)20(18,19)17-7-9-3-1-2-4-16-9/h5-6,9,16-17H,1-4,7H2. The zero-order valence-corrected chi connectivity index (χ0v) is 14.5. The van der Waals surface area contributed by atoms with Crippen molar-refractivity contribution in [2.45, 2.75) is 30.2 Å². The van der Waals surface area contributed by atoms with Gasteiger partial charge in [0.1, 0.15) is 4.90 Å². The predicted octanol–water partition coefficient (Wildman–Crippen LogP) is 3.18. The van der Waals surface area contributed by atoms with Crippen LogP contribution in [0.3, 0.4) is 0 Å². The zero-order chi connectivity index (χ0) is 14.8. The molecule has 20 heavy (non-hydrogen) atoms. The molecule has 0 bridgehead atoms. The van der Waals surface area contributed by atoms with Crippen molar-refractivity contribution < 1.29 is 8.42 Å². The van der Waals surface area contributed by atoms with Crippen molar-refractivity contribution in [3.8, 4) is 0 Å². The van der Waals surface area contributed by atoms with E-state index in [1.54, 1.807) is 0 Å². The minimum Gasteiger partial charge on any atom is -0.313 e. The average Bonchev–Trinajstić information content (AvgIpc) is 2.36. The molecule has 1 aromatic rings. The van der Waals surface area contributed by atoms with Crippen LogP contribution < -0.4 is 10.0 Å². The maximum atomic E-state index is 12.3. The molecule has 8 heteroatoms. The molecule has 1 fully saturated rings. The van der Waals surface area contributed by atoms with Gasteiger partial charge in [0.05, 0.1) is 10.0 Å². The summed E-state index contributed by atoms with van der Waals surface area (Å²) in [6, 6.07) is 3.19. The summed E-state index contributed by atoms with van der Waals surface area (Å²) < 4.78 is 27.8. The maximum Gasteiger partial charge on any atom is 0.243 e. The van der Waals surface area contributed by atoms with Crippen molar-refractivity contribution in [2.24, 2.45) is 0 Å². The Balaban J connectivity index is 2.14. The van der Waals surface area contributed by atoms with Gasteiger partial charge in [-0.2, -0.15) is 0 Å². The SMILES string of the molecule is O=S(=O)(NCC1CCCCN1)c1c(Cl)cc(Br)cc1Cl. The lowest BCUT2D eigenvalue weighted by molar-refractivity contribution is 0.398. The van der Waals surface area contributed by atoms with Gasteiger partial charge < -0.3 is 5.32 Å². The normalized spacial score (nSPS) is 20.1. The van der Waals surface area contributed by atoms with E-state index < -0.39 is 10.0 Å². The summed E-state index contributed by atoms with van der Waals surface area (Å²) in [7, 11) is -3.71. The quantitative estimate of drug-likeness (QED) is 0.814. The van der Waals surface area contributed by atoms with E-state index in [1.807, 2.05) is 0 Å². The number of piperidine rings is 1. The van der Waals surface area contributed by atoms with Gasteiger partial charge in [0.2, 0.25) is 10.0 Å². The van der Waals surface area contributed by atoms with Gasteiger partial charge in [-0.3, -0.25) is 0 Å². The summed E-state index contributed by atoms with van der Waals surface area (Å²) in [6.45, 7) is 1.26. The molecule has 1 aliphatic rings. The third-order valence-electron chi connectivity index (χ3n) is 3.16. The van der Waals surface area contributed by atoms with Crippen LogP contribution in [0.5, 0.6) is 0 Å². The molecule has 0 aliphatic carbocycles. The van der Waals surface area contributed by atoms with Crippen LogP contribution in [-0.4, -0.2) is 27.5 Å². The van der Waals surface area contributed by atoms with Gasteiger partial charge in [0.25, 0.3) is 0 Å². The smallest absolute Gasteiger partial charge is 0.243 e. The Morgan fingerprint density at radius 1 is 1.30 bits per heavy atom. The second kappa shape index (κ2) is 6.94. The summed E-state index contributed by atoms with van der Waals surface area (Å²) in [6.07, 6.45) is 3.21. The van der Waals surface area contributed by atoms with Crippen molar-refractivity contribution in [3.05, 3.63) is 26.7 Å². The first-order chi connectivity index (χ1) is 9.40. The molecule has 1 aliphatic heterocycles. The van der Waals surface area contributed by atoms with Gasteiger partial charge in [-0.1, -0.05) is 45.6 Å². The van der Waals surface area contributed by atoms with Gasteiger partial charge in [-0.05, 0) is 31.5 Å². The Kier molecular flexibility index (Phi) is 5.73. The number of rotatable bonds is 4. The molecule has 1 unspecified atom stereocenters. The van der Waals surface area contributed by atoms with Crippen molar-refractivity contribution in [1.29, 1.82) is 0 Å². The molecule has 112 valence electrons. The first-order valence-corrected chi connectivity index (χ1v) is 9.31. The van der Waals surface area contributed by atoms with E-state index >= 15 is 0 Å². The Morgan fingerprint density at radius 2 is 1.95 bits per heavy atom. The molecule has 2 N–H and O–H groups in total. The largest absolute Gasteiger partial charge is 0.313 e. The highest BCUT2D eigenvalue weighted by Crippen LogP contribution is 2.32. The van der Waals surface area contributed by atoms with E-state index in [0.717, 1.165) is 25.8 Å². The molecule has 1 aromatic carbocycles. The maximum absolute atomic E-state index is 12.3. The lowest BCUT2D eigenvalue weighted by atomic mass is 10.1. The second-order valence-corrected chi connectivity index (χ2v) is 8.13. The number of nitrogens with one attached hydrogen (secondary N) is 2. The number of benzene rings is 1. The molecule has 2 rings (SSSR count). The Bertz CT molecular complexity index is 566. The Labute approximate surface area is 137 Å². The lowest BCUT2D eigenvalue weighted by Gasteiger charge is -2.23. The van der Waals surface area contributed by atoms with Gasteiger partial charge in [0.15, 0.2) is 0 Å². The van der Waals surface area contributed by atoms with E-state index in [0.29, 0.717) is 11.0 Å². The lowest BCUT2D eigenvalue weighted by Crippen LogP contribution is -2.43. The first-order valence-electron chi connectivity index (χ1n) is 6.28. The molecule has 0 saturated carbocycles. The molecule has 1 saturated heterocycles. The van der Waals surface area contributed by atoms with Crippen molar-refractivity contribution in [1.82, 2.24) is 10.0 Å². The molecule has 0 radical (unpaired) electrons. The predicted molar refractivity (Wildman–Crippen MR) is 85.0 cm³/mol. The summed E-state index contributed by atoms with van der Waals surface area (Å²) in [4.78, 5) is -0.0696. The van der Waals surface area contributed by atoms with Crippen molar-refractivity contribution >= 4 is 49.2 Å². The summed E-state index contributed by atoms with van der Waals surface area (Å²) in [5.41, 5.74) is 0. The zero-order valence-electron chi connectivity index (χ0n) is 10.6. The molecule has 1 heterocycles. The monoisotopic (exact) mass is 400 g/mol. The molecular weight excluding hydrogens is 387 g/mol. The van der Waals surface area contributed by atoms with E-state index in [4.69, 9.17) is 23.2 Å². The van der Waals surface area contributed by atoms with Crippen LogP contribution in [0.25, 0.3) is 0 Å². The van der Waals surface area contributed by atoms with Gasteiger partial charge in [-0.25, -0.2) is 13.1 Å². The minimum atomic E-state index is -3.71. The average molecular weight is 402 g/mol. The van der Waals surface area contributed by atoms with Crippen LogP contribution in [-0.2, 0) is 10.0 Å². The van der Waals surface area contributed by atoms with Crippen molar-refractivity contribution in [3.63, 3.8) is 0 Å². The van der Waals surface area contributed by atoms with Crippen LogP contribution >= 0.6 is 39.1 Å². The Hall–Kier alpha value is 0.150. The first kappa shape index (κ1) is 16.5. The molecular formula is C12H15BrCl2N2O2S. The molecule has 0 spiro atoms. The van der Waals surface area contributed by atoms with E-state index in [1.165, 1.54) is 12.1 Å². The second-order valence-electron chi connectivity index (χ2n) is 4.70. The molecule has 0 aromatic heterocycles. The van der Waals surface area contributed by atoms with Gasteiger partial charge in [-0.15, -0.1) is 0 Å². The number of hydrogen-bond acceptors (Lipinski definition) is 3. The highest BCUT2D eigenvalue weighted by molar-refractivity contribution is 9.10. The molecule has 0 amide bonds. The molecule has 1 atom stereocenters. The van der Waals surface area contributed by atoms with Gasteiger partial charge in [0, 0.05) is 17.1 Å². The summed E-state index contributed by atoms with van der Waals surface area (Å²) in [5.74, 6) is 0.